The lowest BCUT2D eigenvalue weighted by Crippen LogP contribution is -2.14. The summed E-state index contributed by atoms with van der Waals surface area (Å²) in [7, 11) is 0. The third-order valence-electron chi connectivity index (χ3n) is 5.46. The first-order valence-corrected chi connectivity index (χ1v) is 10.7. The molecule has 0 atom stereocenters. The van der Waals surface area contributed by atoms with Gasteiger partial charge in [-0.15, -0.1) is 0 Å². The van der Waals surface area contributed by atoms with E-state index in [-0.39, 0.29) is 19.2 Å². The van der Waals surface area contributed by atoms with Crippen molar-refractivity contribution in [2.24, 2.45) is 0 Å². The molecule has 0 bridgehead atoms. The van der Waals surface area contributed by atoms with Gasteiger partial charge in [-0.2, -0.15) is 0 Å². The van der Waals surface area contributed by atoms with Crippen molar-refractivity contribution in [2.45, 2.75) is 19.7 Å². The zero-order valence-electron chi connectivity index (χ0n) is 17.2. The highest BCUT2D eigenvalue weighted by atomic mass is 35.5. The second-order valence-corrected chi connectivity index (χ2v) is 7.99. The molecule has 1 N–H and O–H groups in total. The fourth-order valence-corrected chi connectivity index (χ4v) is 4.03. The van der Waals surface area contributed by atoms with Gasteiger partial charge in [0.05, 0.1) is 5.02 Å². The molecule has 1 aliphatic heterocycles. The van der Waals surface area contributed by atoms with Crippen molar-refractivity contribution in [1.29, 1.82) is 0 Å². The van der Waals surface area contributed by atoms with E-state index in [9.17, 15) is 4.39 Å². The van der Waals surface area contributed by atoms with Crippen molar-refractivity contribution in [3.63, 3.8) is 0 Å². The molecule has 0 saturated carbocycles. The summed E-state index contributed by atoms with van der Waals surface area (Å²) in [6.07, 6.45) is 0. The van der Waals surface area contributed by atoms with Crippen molar-refractivity contribution in [1.82, 2.24) is 5.32 Å². The zero-order chi connectivity index (χ0) is 21.9. The molecule has 4 nitrogen and oxygen atoms in total. The minimum Gasteiger partial charge on any atom is -0.488 e. The second-order valence-electron chi connectivity index (χ2n) is 7.58. The van der Waals surface area contributed by atoms with Crippen LogP contribution >= 0.6 is 11.6 Å². The van der Waals surface area contributed by atoms with Gasteiger partial charge in [0.25, 0.3) is 0 Å². The molecule has 0 aromatic heterocycles. The molecule has 0 radical (unpaired) electrons. The molecule has 0 unspecified atom stereocenters. The van der Waals surface area contributed by atoms with E-state index in [0.717, 1.165) is 44.7 Å². The summed E-state index contributed by atoms with van der Waals surface area (Å²) >= 11 is 6.17. The highest BCUT2D eigenvalue weighted by Crippen LogP contribution is 2.33. The smallest absolute Gasteiger partial charge is 0.231 e. The lowest BCUT2D eigenvalue weighted by Gasteiger charge is -2.16. The molecule has 4 aromatic rings. The molecule has 6 heteroatoms. The third kappa shape index (κ3) is 4.35. The lowest BCUT2D eigenvalue weighted by molar-refractivity contribution is 0.174. The summed E-state index contributed by atoms with van der Waals surface area (Å²) in [6.45, 7) is 1.80. The maximum atomic E-state index is 13.4. The minimum atomic E-state index is -0.363. The van der Waals surface area contributed by atoms with E-state index in [0.29, 0.717) is 18.1 Å². The molecule has 32 heavy (non-hydrogen) atoms. The van der Waals surface area contributed by atoms with Gasteiger partial charge in [-0.05, 0) is 46.7 Å². The summed E-state index contributed by atoms with van der Waals surface area (Å²) in [5.41, 5.74) is 2.90. The topological polar surface area (TPSA) is 39.7 Å². The number of benzene rings is 4. The van der Waals surface area contributed by atoms with Crippen LogP contribution in [0, 0.1) is 5.82 Å². The molecule has 0 spiro atoms. The minimum absolute atomic E-state index is 0.257. The predicted octanol–water partition coefficient (Wildman–Crippen LogP) is 6.23. The Labute approximate surface area is 190 Å². The van der Waals surface area contributed by atoms with Crippen LogP contribution in [0.5, 0.6) is 17.2 Å². The predicted molar refractivity (Wildman–Crippen MR) is 123 cm³/mol. The van der Waals surface area contributed by atoms with Gasteiger partial charge in [0.2, 0.25) is 6.79 Å². The Bertz CT molecular complexity index is 1280. The third-order valence-corrected chi connectivity index (χ3v) is 5.82. The molecule has 0 fully saturated rings. The van der Waals surface area contributed by atoms with E-state index in [1.807, 2.05) is 42.5 Å². The van der Waals surface area contributed by atoms with Gasteiger partial charge in [0.15, 0.2) is 11.5 Å². The molecule has 1 aliphatic rings. The molecule has 4 aromatic carbocycles. The van der Waals surface area contributed by atoms with Crippen molar-refractivity contribution >= 4 is 22.4 Å². The fourth-order valence-electron chi connectivity index (χ4n) is 3.81. The van der Waals surface area contributed by atoms with Gasteiger partial charge in [-0.3, -0.25) is 0 Å². The maximum absolute atomic E-state index is 13.4. The average molecular weight is 450 g/mol. The summed E-state index contributed by atoms with van der Waals surface area (Å²) in [5.74, 6) is 1.95. The van der Waals surface area contributed by atoms with Crippen LogP contribution in [0.3, 0.4) is 0 Å². The number of ether oxygens (including phenoxy) is 3. The van der Waals surface area contributed by atoms with Crippen LogP contribution in [0.1, 0.15) is 16.7 Å². The Balaban J connectivity index is 1.35. The molecule has 5 rings (SSSR count). The van der Waals surface area contributed by atoms with Crippen molar-refractivity contribution in [3.05, 3.63) is 100 Å². The second kappa shape index (κ2) is 9.07. The molecular weight excluding hydrogens is 429 g/mol. The Morgan fingerprint density at radius 3 is 2.69 bits per heavy atom. The summed E-state index contributed by atoms with van der Waals surface area (Å²) in [4.78, 5) is 0. The van der Waals surface area contributed by atoms with Gasteiger partial charge >= 0.3 is 0 Å². The summed E-state index contributed by atoms with van der Waals surface area (Å²) in [5, 5.41) is 6.12. The SMILES string of the molecule is Fc1ccc(COc2ccc3ccccc3c2CNCc2ccc3c(c2)OCO3)c(Cl)c1. The summed E-state index contributed by atoms with van der Waals surface area (Å²) in [6, 6.07) is 22.5. The van der Waals surface area contributed by atoms with E-state index in [2.05, 4.69) is 17.4 Å². The van der Waals surface area contributed by atoms with Gasteiger partial charge in [-0.25, -0.2) is 4.39 Å². The first kappa shape index (κ1) is 20.6. The van der Waals surface area contributed by atoms with Gasteiger partial charge in [0.1, 0.15) is 18.2 Å². The number of nitrogens with one attached hydrogen (secondary N) is 1. The quantitative estimate of drug-likeness (QED) is 0.363. The standard InChI is InChI=1S/C26H21ClFNO3/c27-23-12-20(28)8-6-19(23)15-30-24-10-7-18-3-1-2-4-21(18)22(24)14-29-13-17-5-9-25-26(11-17)32-16-31-25/h1-12,29H,13-16H2. The highest BCUT2D eigenvalue weighted by Gasteiger charge is 2.14. The van der Waals surface area contributed by atoms with Crippen LogP contribution in [0.15, 0.2) is 72.8 Å². The molecule has 0 amide bonds. The first-order chi connectivity index (χ1) is 15.7. The number of hydrogen-bond donors (Lipinski definition) is 1. The van der Waals surface area contributed by atoms with Crippen LogP contribution in [-0.4, -0.2) is 6.79 Å². The Hall–Kier alpha value is -3.28. The van der Waals surface area contributed by atoms with E-state index in [4.69, 9.17) is 25.8 Å². The largest absolute Gasteiger partial charge is 0.488 e. The molecular formula is C26H21ClFNO3. The van der Waals surface area contributed by atoms with E-state index < -0.39 is 0 Å². The lowest BCUT2D eigenvalue weighted by atomic mass is 10.0. The zero-order valence-corrected chi connectivity index (χ0v) is 18.0. The Kier molecular flexibility index (Phi) is 5.84. The van der Waals surface area contributed by atoms with Gasteiger partial charge < -0.3 is 19.5 Å². The van der Waals surface area contributed by atoms with Crippen LogP contribution in [0.2, 0.25) is 5.02 Å². The van der Waals surface area contributed by atoms with Gasteiger partial charge in [0, 0.05) is 24.2 Å². The normalized spacial score (nSPS) is 12.3. The number of rotatable bonds is 7. The summed E-state index contributed by atoms with van der Waals surface area (Å²) < 4.78 is 30.3. The van der Waals surface area contributed by atoms with Gasteiger partial charge in [-0.1, -0.05) is 54.1 Å². The molecule has 162 valence electrons. The van der Waals surface area contributed by atoms with Crippen LogP contribution < -0.4 is 19.5 Å². The van der Waals surface area contributed by atoms with Crippen molar-refractivity contribution in [2.75, 3.05) is 6.79 Å². The Morgan fingerprint density at radius 1 is 0.906 bits per heavy atom. The molecule has 0 saturated heterocycles. The average Bonchev–Trinajstić information content (AvgIpc) is 3.27. The van der Waals surface area contributed by atoms with Crippen molar-refractivity contribution < 1.29 is 18.6 Å². The highest BCUT2D eigenvalue weighted by molar-refractivity contribution is 6.31. The van der Waals surface area contributed by atoms with Crippen molar-refractivity contribution in [3.8, 4) is 17.2 Å². The number of halogens is 2. The van der Waals surface area contributed by atoms with E-state index >= 15 is 0 Å². The molecule has 1 heterocycles. The van der Waals surface area contributed by atoms with E-state index in [1.165, 1.54) is 12.1 Å². The fraction of sp³-hybridized carbons (Fsp3) is 0.154. The maximum Gasteiger partial charge on any atom is 0.231 e. The number of hydrogen-bond acceptors (Lipinski definition) is 4. The number of fused-ring (bicyclic) bond motifs is 2. The van der Waals surface area contributed by atoms with Crippen LogP contribution in [-0.2, 0) is 19.7 Å². The monoisotopic (exact) mass is 449 g/mol. The van der Waals surface area contributed by atoms with Crippen LogP contribution in [0.4, 0.5) is 4.39 Å². The van der Waals surface area contributed by atoms with E-state index in [1.54, 1.807) is 6.07 Å². The first-order valence-electron chi connectivity index (χ1n) is 10.3. The Morgan fingerprint density at radius 2 is 1.78 bits per heavy atom. The van der Waals surface area contributed by atoms with Crippen LogP contribution in [0.25, 0.3) is 10.8 Å². The molecule has 0 aliphatic carbocycles.